The van der Waals surface area contributed by atoms with Crippen LogP contribution in [0.15, 0.2) is 30.3 Å². The lowest BCUT2D eigenvalue weighted by molar-refractivity contribution is -0.126. The molecule has 1 aromatic carbocycles. The Kier molecular flexibility index (Phi) is 3.97. The molecule has 4 nitrogen and oxygen atoms in total. The molecule has 1 aliphatic heterocycles. The summed E-state index contributed by atoms with van der Waals surface area (Å²) in [6, 6.07) is 9.20. The van der Waals surface area contributed by atoms with E-state index in [4.69, 9.17) is 0 Å². The molecule has 1 saturated heterocycles. The van der Waals surface area contributed by atoms with E-state index in [-0.39, 0.29) is 17.9 Å². The number of amides is 2. The van der Waals surface area contributed by atoms with E-state index in [1.165, 1.54) is 0 Å². The molecule has 1 fully saturated rings. The minimum absolute atomic E-state index is 0.00865. The van der Waals surface area contributed by atoms with Crippen LogP contribution in [0.2, 0.25) is 0 Å². The van der Waals surface area contributed by atoms with E-state index < -0.39 is 0 Å². The van der Waals surface area contributed by atoms with Crippen molar-refractivity contribution >= 4 is 17.5 Å². The second-order valence-corrected chi connectivity index (χ2v) is 4.48. The Labute approximate surface area is 107 Å². The molecule has 0 saturated carbocycles. The van der Waals surface area contributed by atoms with Crippen molar-refractivity contribution in [3.8, 4) is 0 Å². The van der Waals surface area contributed by atoms with Gasteiger partial charge in [0.15, 0.2) is 0 Å². The average Bonchev–Trinajstić information content (AvgIpc) is 2.72. The van der Waals surface area contributed by atoms with E-state index >= 15 is 0 Å². The Hall–Kier alpha value is -1.84. The van der Waals surface area contributed by atoms with Gasteiger partial charge in [0.25, 0.3) is 0 Å². The van der Waals surface area contributed by atoms with Crippen LogP contribution in [0.1, 0.15) is 26.2 Å². The Bertz CT molecular complexity index is 431. The normalized spacial score (nSPS) is 19.1. The van der Waals surface area contributed by atoms with Crippen molar-refractivity contribution < 1.29 is 9.59 Å². The minimum Gasteiger partial charge on any atom is -0.344 e. The number of benzene rings is 1. The van der Waals surface area contributed by atoms with Crippen LogP contribution in [-0.2, 0) is 9.59 Å². The van der Waals surface area contributed by atoms with E-state index in [1.54, 1.807) is 4.90 Å². The lowest BCUT2D eigenvalue weighted by atomic mass is 10.2. The molecule has 1 aliphatic rings. The number of para-hydroxylation sites is 1. The van der Waals surface area contributed by atoms with Gasteiger partial charge >= 0.3 is 0 Å². The van der Waals surface area contributed by atoms with E-state index in [1.807, 2.05) is 37.3 Å². The molecule has 18 heavy (non-hydrogen) atoms. The third-order valence-electron chi connectivity index (χ3n) is 3.09. The number of rotatable bonds is 4. The second kappa shape index (κ2) is 5.67. The summed E-state index contributed by atoms with van der Waals surface area (Å²) in [6.45, 7) is 2.62. The van der Waals surface area contributed by atoms with Gasteiger partial charge < -0.3 is 10.2 Å². The summed E-state index contributed by atoms with van der Waals surface area (Å²) in [4.78, 5) is 25.4. The van der Waals surface area contributed by atoms with E-state index in [0.29, 0.717) is 19.4 Å². The molecular weight excluding hydrogens is 228 g/mol. The molecular formula is C14H18N2O2. The zero-order valence-corrected chi connectivity index (χ0v) is 10.6. The maximum Gasteiger partial charge on any atom is 0.249 e. The lowest BCUT2D eigenvalue weighted by Gasteiger charge is -2.17. The maximum absolute atomic E-state index is 12.2. The summed E-state index contributed by atoms with van der Waals surface area (Å²) < 4.78 is 0. The fourth-order valence-electron chi connectivity index (χ4n) is 2.17. The van der Waals surface area contributed by atoms with Crippen LogP contribution < -0.4 is 10.2 Å². The number of nitrogens with one attached hydrogen (secondary N) is 1. The number of carbonyl (C=O) groups excluding carboxylic acids is 2. The fourth-order valence-corrected chi connectivity index (χ4v) is 2.17. The van der Waals surface area contributed by atoms with Crippen molar-refractivity contribution in [2.24, 2.45) is 0 Å². The molecule has 0 spiro atoms. The summed E-state index contributed by atoms with van der Waals surface area (Å²) >= 11 is 0. The Morgan fingerprint density at radius 1 is 1.39 bits per heavy atom. The molecule has 1 aromatic rings. The van der Waals surface area contributed by atoms with Crippen LogP contribution in [0, 0.1) is 0 Å². The molecule has 2 rings (SSSR count). The molecule has 96 valence electrons. The second-order valence-electron chi connectivity index (χ2n) is 4.48. The average molecular weight is 246 g/mol. The zero-order chi connectivity index (χ0) is 13.0. The van der Waals surface area contributed by atoms with Crippen molar-refractivity contribution in [3.63, 3.8) is 0 Å². The zero-order valence-electron chi connectivity index (χ0n) is 10.6. The first kappa shape index (κ1) is 12.6. The van der Waals surface area contributed by atoms with Gasteiger partial charge in [-0.15, -0.1) is 0 Å². The van der Waals surface area contributed by atoms with Crippen molar-refractivity contribution in [1.29, 1.82) is 0 Å². The third-order valence-corrected chi connectivity index (χ3v) is 3.09. The lowest BCUT2D eigenvalue weighted by Crippen LogP contribution is -2.41. The topological polar surface area (TPSA) is 49.4 Å². The molecule has 0 aromatic heterocycles. The molecule has 1 N–H and O–H groups in total. The Balaban J connectivity index is 1.99. The van der Waals surface area contributed by atoms with Gasteiger partial charge in [0.1, 0.15) is 6.04 Å². The van der Waals surface area contributed by atoms with Crippen LogP contribution >= 0.6 is 0 Å². The SMILES string of the molecule is CCCC(=O)N[C@@H]1CCN(c2ccccc2)C1=O. The number of hydrogen-bond donors (Lipinski definition) is 1. The maximum atomic E-state index is 12.2. The first-order valence-corrected chi connectivity index (χ1v) is 6.38. The summed E-state index contributed by atoms with van der Waals surface area (Å²) in [7, 11) is 0. The summed E-state index contributed by atoms with van der Waals surface area (Å²) in [5.74, 6) is -0.0450. The monoisotopic (exact) mass is 246 g/mol. The largest absolute Gasteiger partial charge is 0.344 e. The van der Waals surface area contributed by atoms with Crippen molar-refractivity contribution in [3.05, 3.63) is 30.3 Å². The highest BCUT2D eigenvalue weighted by Crippen LogP contribution is 2.21. The molecule has 0 aliphatic carbocycles. The molecule has 2 amide bonds. The van der Waals surface area contributed by atoms with Gasteiger partial charge in [-0.2, -0.15) is 0 Å². The van der Waals surface area contributed by atoms with Gasteiger partial charge in [0, 0.05) is 18.7 Å². The van der Waals surface area contributed by atoms with Gasteiger partial charge in [-0.1, -0.05) is 25.1 Å². The quantitative estimate of drug-likeness (QED) is 0.879. The molecule has 0 bridgehead atoms. The minimum atomic E-state index is -0.357. The van der Waals surface area contributed by atoms with Crippen LogP contribution in [-0.4, -0.2) is 24.4 Å². The predicted molar refractivity (Wildman–Crippen MR) is 70.3 cm³/mol. The van der Waals surface area contributed by atoms with Crippen molar-refractivity contribution in [2.45, 2.75) is 32.2 Å². The van der Waals surface area contributed by atoms with Crippen LogP contribution in [0.3, 0.4) is 0 Å². The van der Waals surface area contributed by atoms with Gasteiger partial charge in [-0.25, -0.2) is 0 Å². The number of anilines is 1. The highest BCUT2D eigenvalue weighted by molar-refractivity contribution is 6.01. The molecule has 0 unspecified atom stereocenters. The van der Waals surface area contributed by atoms with Gasteiger partial charge in [-0.05, 0) is 25.0 Å². The van der Waals surface area contributed by atoms with E-state index in [2.05, 4.69) is 5.32 Å². The van der Waals surface area contributed by atoms with Crippen LogP contribution in [0.25, 0.3) is 0 Å². The molecule has 1 heterocycles. The summed E-state index contributed by atoms with van der Waals surface area (Å²) in [6.07, 6.45) is 1.97. The Morgan fingerprint density at radius 3 is 2.78 bits per heavy atom. The highest BCUT2D eigenvalue weighted by Gasteiger charge is 2.33. The summed E-state index contributed by atoms with van der Waals surface area (Å²) in [5.41, 5.74) is 0.898. The van der Waals surface area contributed by atoms with Crippen molar-refractivity contribution in [1.82, 2.24) is 5.32 Å². The molecule has 0 radical (unpaired) electrons. The predicted octanol–water partition coefficient (Wildman–Crippen LogP) is 1.71. The number of hydrogen-bond acceptors (Lipinski definition) is 2. The molecule has 4 heteroatoms. The smallest absolute Gasteiger partial charge is 0.249 e. The van der Waals surface area contributed by atoms with Crippen LogP contribution in [0.4, 0.5) is 5.69 Å². The van der Waals surface area contributed by atoms with Gasteiger partial charge in [0.2, 0.25) is 11.8 Å². The van der Waals surface area contributed by atoms with E-state index in [0.717, 1.165) is 12.1 Å². The van der Waals surface area contributed by atoms with Gasteiger partial charge in [0.05, 0.1) is 0 Å². The standard InChI is InChI=1S/C14H18N2O2/c1-2-6-13(17)15-12-9-10-16(14(12)18)11-7-4-3-5-8-11/h3-5,7-8,12H,2,6,9-10H2,1H3,(H,15,17)/t12-/m1/s1. The highest BCUT2D eigenvalue weighted by atomic mass is 16.2. The van der Waals surface area contributed by atoms with Gasteiger partial charge in [-0.3, -0.25) is 9.59 Å². The Morgan fingerprint density at radius 2 is 2.11 bits per heavy atom. The number of carbonyl (C=O) groups is 2. The van der Waals surface area contributed by atoms with E-state index in [9.17, 15) is 9.59 Å². The fraction of sp³-hybridized carbons (Fsp3) is 0.429. The third kappa shape index (κ3) is 2.70. The first-order chi connectivity index (χ1) is 8.72. The van der Waals surface area contributed by atoms with Crippen LogP contribution in [0.5, 0.6) is 0 Å². The first-order valence-electron chi connectivity index (χ1n) is 6.38. The molecule has 1 atom stereocenters. The van der Waals surface area contributed by atoms with Crippen molar-refractivity contribution in [2.75, 3.05) is 11.4 Å². The summed E-state index contributed by atoms with van der Waals surface area (Å²) in [5, 5.41) is 2.80. The number of nitrogens with zero attached hydrogens (tertiary/aromatic N) is 1.